The fourth-order valence-corrected chi connectivity index (χ4v) is 3.18. The van der Waals surface area contributed by atoms with E-state index in [1.165, 1.54) is 0 Å². The molecule has 5 nitrogen and oxygen atoms in total. The molecule has 3 aromatic carbocycles. The number of benzene rings is 3. The van der Waals surface area contributed by atoms with Crippen molar-refractivity contribution in [2.45, 2.75) is 26.3 Å². The van der Waals surface area contributed by atoms with Crippen LogP contribution < -0.4 is 10.5 Å². The predicted molar refractivity (Wildman–Crippen MR) is 112 cm³/mol. The van der Waals surface area contributed by atoms with Crippen molar-refractivity contribution in [1.82, 2.24) is 0 Å². The average molecular weight is 378 g/mol. The summed E-state index contributed by atoms with van der Waals surface area (Å²) in [6, 6.07) is 14.3. The van der Waals surface area contributed by atoms with E-state index in [0.29, 0.717) is 21.4 Å². The lowest BCUT2D eigenvalue weighted by atomic mass is 10.0. The molecule has 1 heterocycles. The first-order valence-electron chi connectivity index (χ1n) is 9.23. The average Bonchev–Trinajstić information content (AvgIpc) is 2.59. The number of nitrogens with zero attached hydrogens (tertiary/aromatic N) is 1. The van der Waals surface area contributed by atoms with Crippen molar-refractivity contribution >= 4 is 32.5 Å². The number of phenolic OH excluding ortho intramolecular Hbond substituents is 1. The molecular formula is C23H24NO4+. The zero-order valence-corrected chi connectivity index (χ0v) is 16.7. The van der Waals surface area contributed by atoms with Crippen LogP contribution in [0.15, 0.2) is 57.7 Å². The summed E-state index contributed by atoms with van der Waals surface area (Å²) in [7, 11) is 3.98. The Bertz CT molecular complexity index is 1280. The zero-order valence-electron chi connectivity index (χ0n) is 16.7. The van der Waals surface area contributed by atoms with E-state index in [9.17, 15) is 9.90 Å². The van der Waals surface area contributed by atoms with Crippen LogP contribution in [0.25, 0.3) is 32.5 Å². The standard InChI is InChI=1S/C23H23NO4/c1-23(2,3)24(4,5)28-16-8-11-18-19-9-6-14-12-15(25)7-10-17(14)21(19)22(26)27-20(18)13-16/h6-13H,1-5H3/p+1. The molecule has 4 aromatic rings. The van der Waals surface area contributed by atoms with Crippen LogP contribution in [0.4, 0.5) is 0 Å². The molecule has 5 heteroatoms. The maximum atomic E-state index is 12.8. The zero-order chi connectivity index (χ0) is 20.3. The van der Waals surface area contributed by atoms with Gasteiger partial charge < -0.3 is 14.4 Å². The second-order valence-electron chi connectivity index (χ2n) is 8.55. The fourth-order valence-electron chi connectivity index (χ4n) is 3.18. The van der Waals surface area contributed by atoms with Gasteiger partial charge in [0.1, 0.15) is 31.0 Å². The molecule has 0 aliphatic heterocycles. The number of hydrogen-bond donors (Lipinski definition) is 1. The van der Waals surface area contributed by atoms with E-state index in [1.54, 1.807) is 24.3 Å². The van der Waals surface area contributed by atoms with Crippen molar-refractivity contribution < 1.29 is 19.0 Å². The molecule has 0 unspecified atom stereocenters. The van der Waals surface area contributed by atoms with Crippen LogP contribution in [-0.4, -0.2) is 29.4 Å². The Kier molecular flexibility index (Phi) is 3.91. The first-order chi connectivity index (χ1) is 13.1. The largest absolute Gasteiger partial charge is 0.508 e. The molecule has 0 aliphatic carbocycles. The Morgan fingerprint density at radius 1 is 0.929 bits per heavy atom. The minimum absolute atomic E-state index is 0.121. The van der Waals surface area contributed by atoms with E-state index in [-0.39, 0.29) is 11.3 Å². The Balaban J connectivity index is 1.93. The van der Waals surface area contributed by atoms with Gasteiger partial charge in [-0.3, -0.25) is 0 Å². The summed E-state index contributed by atoms with van der Waals surface area (Å²) >= 11 is 0. The highest BCUT2D eigenvalue weighted by atomic mass is 16.7. The summed E-state index contributed by atoms with van der Waals surface area (Å²) in [5.41, 5.74) is -0.0357. The maximum Gasteiger partial charge on any atom is 0.344 e. The molecule has 4 rings (SSSR count). The van der Waals surface area contributed by atoms with Gasteiger partial charge in [-0.25, -0.2) is 4.79 Å². The molecule has 0 radical (unpaired) electrons. The molecule has 0 aliphatic rings. The molecule has 0 bridgehead atoms. The summed E-state index contributed by atoms with van der Waals surface area (Å²) in [5.74, 6) is 0.805. The summed E-state index contributed by atoms with van der Waals surface area (Å²) in [6.45, 7) is 6.31. The van der Waals surface area contributed by atoms with Crippen molar-refractivity contribution in [1.29, 1.82) is 0 Å². The van der Waals surface area contributed by atoms with E-state index in [0.717, 1.165) is 21.5 Å². The van der Waals surface area contributed by atoms with E-state index in [2.05, 4.69) is 20.8 Å². The van der Waals surface area contributed by atoms with E-state index in [1.807, 2.05) is 38.4 Å². The van der Waals surface area contributed by atoms with Crippen LogP contribution in [0.5, 0.6) is 11.5 Å². The van der Waals surface area contributed by atoms with Gasteiger partial charge in [-0.2, -0.15) is 0 Å². The highest BCUT2D eigenvalue weighted by Gasteiger charge is 2.35. The van der Waals surface area contributed by atoms with Crippen LogP contribution in [0, 0.1) is 0 Å². The van der Waals surface area contributed by atoms with Gasteiger partial charge in [0.05, 0.1) is 5.39 Å². The number of phenols is 1. The number of rotatable bonds is 2. The lowest BCUT2D eigenvalue weighted by molar-refractivity contribution is -1.08. The normalized spacial score (nSPS) is 12.8. The second-order valence-corrected chi connectivity index (χ2v) is 8.55. The molecule has 0 saturated heterocycles. The quantitative estimate of drug-likeness (QED) is 0.231. The second kappa shape index (κ2) is 5.97. The van der Waals surface area contributed by atoms with Gasteiger partial charge in [0, 0.05) is 16.8 Å². The smallest absolute Gasteiger partial charge is 0.344 e. The van der Waals surface area contributed by atoms with Gasteiger partial charge in [0.25, 0.3) is 0 Å². The molecule has 0 atom stereocenters. The third kappa shape index (κ3) is 2.88. The van der Waals surface area contributed by atoms with Crippen LogP contribution in [-0.2, 0) is 0 Å². The summed E-state index contributed by atoms with van der Waals surface area (Å²) in [4.78, 5) is 18.9. The number of aromatic hydroxyl groups is 1. The number of hydrogen-bond acceptors (Lipinski definition) is 4. The van der Waals surface area contributed by atoms with Crippen molar-refractivity contribution in [2.75, 3.05) is 14.1 Å². The van der Waals surface area contributed by atoms with Gasteiger partial charge in [-0.05, 0) is 61.9 Å². The third-order valence-corrected chi connectivity index (χ3v) is 5.60. The van der Waals surface area contributed by atoms with Crippen LogP contribution >= 0.6 is 0 Å². The molecule has 0 spiro atoms. The molecule has 1 aromatic heterocycles. The van der Waals surface area contributed by atoms with Crippen LogP contribution in [0.1, 0.15) is 20.8 Å². The minimum atomic E-state index is -0.402. The highest BCUT2D eigenvalue weighted by Crippen LogP contribution is 2.33. The van der Waals surface area contributed by atoms with Crippen molar-refractivity contribution in [3.8, 4) is 11.5 Å². The van der Waals surface area contributed by atoms with E-state index < -0.39 is 5.63 Å². The minimum Gasteiger partial charge on any atom is -0.508 e. The van der Waals surface area contributed by atoms with Gasteiger partial charge in [0.15, 0.2) is 5.75 Å². The SMILES string of the molecule is CC(C)(C)[N+](C)(C)Oc1ccc2c(c1)oc(=O)c1c3ccc(O)cc3ccc21. The number of fused-ring (bicyclic) bond motifs is 5. The molecule has 0 saturated carbocycles. The van der Waals surface area contributed by atoms with Gasteiger partial charge in [0.2, 0.25) is 0 Å². The summed E-state index contributed by atoms with van der Waals surface area (Å²) in [6.07, 6.45) is 0. The molecule has 28 heavy (non-hydrogen) atoms. The van der Waals surface area contributed by atoms with Crippen LogP contribution in [0.3, 0.4) is 0 Å². The maximum absolute atomic E-state index is 12.8. The monoisotopic (exact) mass is 378 g/mol. The van der Waals surface area contributed by atoms with E-state index >= 15 is 0 Å². The predicted octanol–water partition coefficient (Wildman–Crippen LogP) is 4.97. The van der Waals surface area contributed by atoms with Crippen molar-refractivity contribution in [2.24, 2.45) is 0 Å². The van der Waals surface area contributed by atoms with Crippen molar-refractivity contribution in [3.05, 3.63) is 59.0 Å². The van der Waals surface area contributed by atoms with Gasteiger partial charge in [-0.15, -0.1) is 4.65 Å². The fraction of sp³-hybridized carbons (Fsp3) is 0.261. The van der Waals surface area contributed by atoms with Gasteiger partial charge >= 0.3 is 5.63 Å². The third-order valence-electron chi connectivity index (χ3n) is 5.60. The lowest BCUT2D eigenvalue weighted by Crippen LogP contribution is -2.56. The van der Waals surface area contributed by atoms with Crippen LogP contribution in [0.2, 0.25) is 0 Å². The topological polar surface area (TPSA) is 59.7 Å². The Morgan fingerprint density at radius 3 is 2.32 bits per heavy atom. The van der Waals surface area contributed by atoms with Crippen molar-refractivity contribution in [3.63, 3.8) is 0 Å². The molecule has 0 fully saturated rings. The Labute approximate surface area is 162 Å². The molecule has 1 N–H and O–H groups in total. The highest BCUT2D eigenvalue weighted by molar-refractivity contribution is 6.15. The lowest BCUT2D eigenvalue weighted by Gasteiger charge is -2.38. The first-order valence-corrected chi connectivity index (χ1v) is 9.23. The number of hydroxylamine groups is 3. The van der Waals surface area contributed by atoms with Gasteiger partial charge in [-0.1, -0.05) is 12.1 Å². The molecular weight excluding hydrogens is 354 g/mol. The molecule has 144 valence electrons. The first kappa shape index (κ1) is 18.3. The summed E-state index contributed by atoms with van der Waals surface area (Å²) in [5, 5.41) is 13.4. The Hall–Kier alpha value is -3.05. The molecule has 0 amide bonds. The summed E-state index contributed by atoms with van der Waals surface area (Å²) < 4.78 is 5.97. The number of quaternary nitrogens is 1. The Morgan fingerprint density at radius 2 is 1.61 bits per heavy atom. The van der Waals surface area contributed by atoms with E-state index in [4.69, 9.17) is 9.25 Å².